The third kappa shape index (κ3) is 6.29. The molecule has 0 saturated carbocycles. The third-order valence-electron chi connectivity index (χ3n) is 2.78. The number of carbonyl (C=O) groups is 2. The number of nitrogens with zero attached hydrogens (tertiary/aromatic N) is 1. The van der Waals surface area contributed by atoms with Gasteiger partial charge >= 0.3 is 5.97 Å². The molecule has 0 aliphatic heterocycles. The number of rotatable bonds is 8. The summed E-state index contributed by atoms with van der Waals surface area (Å²) < 4.78 is 4.67. The molecule has 1 atom stereocenters. The van der Waals surface area contributed by atoms with Gasteiger partial charge in [0.15, 0.2) is 0 Å². The van der Waals surface area contributed by atoms with Crippen molar-refractivity contribution in [1.29, 1.82) is 0 Å². The predicted molar refractivity (Wildman–Crippen MR) is 67.6 cm³/mol. The monoisotopic (exact) mass is 243 g/mol. The lowest BCUT2D eigenvalue weighted by atomic mass is 10.1. The summed E-state index contributed by atoms with van der Waals surface area (Å²) in [6.45, 7) is 6.97. The zero-order chi connectivity index (χ0) is 13.3. The van der Waals surface area contributed by atoms with Crippen LogP contribution in [0.25, 0.3) is 0 Å². The first-order valence-electron chi connectivity index (χ1n) is 6.42. The summed E-state index contributed by atoms with van der Waals surface area (Å²) in [4.78, 5) is 24.8. The highest BCUT2D eigenvalue weighted by Crippen LogP contribution is 2.07. The Balaban J connectivity index is 4.27. The van der Waals surface area contributed by atoms with E-state index in [9.17, 15) is 9.59 Å². The minimum atomic E-state index is -0.255. The summed E-state index contributed by atoms with van der Waals surface area (Å²) in [6.07, 6.45) is 3.72. The lowest BCUT2D eigenvalue weighted by molar-refractivity contribution is -0.146. The van der Waals surface area contributed by atoms with Crippen LogP contribution in [-0.2, 0) is 14.3 Å². The number of hydrogen-bond acceptors (Lipinski definition) is 3. The zero-order valence-corrected chi connectivity index (χ0v) is 11.5. The van der Waals surface area contributed by atoms with E-state index in [0.717, 1.165) is 25.8 Å². The van der Waals surface area contributed by atoms with Gasteiger partial charge < -0.3 is 9.64 Å². The molecule has 0 spiro atoms. The molecule has 100 valence electrons. The fourth-order valence-corrected chi connectivity index (χ4v) is 1.70. The van der Waals surface area contributed by atoms with E-state index in [0.29, 0.717) is 13.0 Å². The Morgan fingerprint density at radius 2 is 1.88 bits per heavy atom. The van der Waals surface area contributed by atoms with Crippen molar-refractivity contribution in [1.82, 2.24) is 4.90 Å². The molecule has 0 aromatic rings. The quantitative estimate of drug-likeness (QED) is 0.485. The van der Waals surface area contributed by atoms with Crippen molar-refractivity contribution >= 4 is 11.9 Å². The van der Waals surface area contributed by atoms with Crippen molar-refractivity contribution in [3.05, 3.63) is 0 Å². The molecule has 0 aromatic heterocycles. The SMILES string of the molecule is CCCCCN(CC(C)C(=O)OC)C(=O)CC. The summed E-state index contributed by atoms with van der Waals surface area (Å²) >= 11 is 0. The van der Waals surface area contributed by atoms with Crippen LogP contribution in [0.2, 0.25) is 0 Å². The molecule has 17 heavy (non-hydrogen) atoms. The van der Waals surface area contributed by atoms with E-state index in [1.54, 1.807) is 11.8 Å². The van der Waals surface area contributed by atoms with E-state index in [1.165, 1.54) is 7.11 Å². The second kappa shape index (κ2) is 9.02. The minimum absolute atomic E-state index is 0.108. The standard InChI is InChI=1S/C13H25NO3/c1-5-7-8-9-14(12(15)6-2)10-11(3)13(16)17-4/h11H,5-10H2,1-4H3. The van der Waals surface area contributed by atoms with Gasteiger partial charge in [-0.1, -0.05) is 33.6 Å². The highest BCUT2D eigenvalue weighted by Gasteiger charge is 2.19. The first-order chi connectivity index (χ1) is 8.06. The smallest absolute Gasteiger partial charge is 0.310 e. The van der Waals surface area contributed by atoms with Gasteiger partial charge in [0.1, 0.15) is 0 Å². The zero-order valence-electron chi connectivity index (χ0n) is 11.5. The van der Waals surface area contributed by atoms with E-state index in [2.05, 4.69) is 11.7 Å². The van der Waals surface area contributed by atoms with Gasteiger partial charge in [-0.15, -0.1) is 0 Å². The Kier molecular flexibility index (Phi) is 8.46. The maximum atomic E-state index is 11.7. The van der Waals surface area contributed by atoms with Crippen molar-refractivity contribution in [3.63, 3.8) is 0 Å². The summed E-state index contributed by atoms with van der Waals surface area (Å²) in [5, 5.41) is 0. The normalized spacial score (nSPS) is 12.0. The van der Waals surface area contributed by atoms with E-state index in [-0.39, 0.29) is 17.8 Å². The molecular formula is C13H25NO3. The number of hydrogen-bond donors (Lipinski definition) is 0. The molecule has 0 fully saturated rings. The lowest BCUT2D eigenvalue weighted by Crippen LogP contribution is -2.37. The van der Waals surface area contributed by atoms with Crippen molar-refractivity contribution in [2.45, 2.75) is 46.5 Å². The van der Waals surface area contributed by atoms with Gasteiger partial charge in [0.2, 0.25) is 5.91 Å². The molecule has 0 radical (unpaired) electrons. The van der Waals surface area contributed by atoms with E-state index in [1.807, 2.05) is 6.92 Å². The maximum absolute atomic E-state index is 11.7. The van der Waals surface area contributed by atoms with Crippen LogP contribution in [0.5, 0.6) is 0 Å². The first kappa shape index (κ1) is 15.9. The van der Waals surface area contributed by atoms with Gasteiger partial charge in [0.25, 0.3) is 0 Å². The largest absolute Gasteiger partial charge is 0.469 e. The molecule has 4 heteroatoms. The van der Waals surface area contributed by atoms with E-state index in [4.69, 9.17) is 0 Å². The molecule has 0 aliphatic carbocycles. The number of unbranched alkanes of at least 4 members (excludes halogenated alkanes) is 2. The number of esters is 1. The topological polar surface area (TPSA) is 46.6 Å². The Morgan fingerprint density at radius 1 is 1.24 bits per heavy atom. The van der Waals surface area contributed by atoms with Crippen molar-refractivity contribution in [2.24, 2.45) is 5.92 Å². The molecule has 0 saturated heterocycles. The third-order valence-corrected chi connectivity index (χ3v) is 2.78. The van der Waals surface area contributed by atoms with Gasteiger partial charge in [-0.25, -0.2) is 0 Å². The molecular weight excluding hydrogens is 218 g/mol. The van der Waals surface area contributed by atoms with Gasteiger partial charge in [-0.3, -0.25) is 9.59 Å². The summed E-state index contributed by atoms with van der Waals surface area (Å²) in [5.41, 5.74) is 0. The highest BCUT2D eigenvalue weighted by molar-refractivity contribution is 5.77. The first-order valence-corrected chi connectivity index (χ1v) is 6.42. The minimum Gasteiger partial charge on any atom is -0.469 e. The van der Waals surface area contributed by atoms with Crippen LogP contribution < -0.4 is 0 Å². The number of methoxy groups -OCH3 is 1. The Labute approximate surface area is 104 Å². The van der Waals surface area contributed by atoms with Crippen LogP contribution in [0.15, 0.2) is 0 Å². The number of ether oxygens (including phenoxy) is 1. The van der Waals surface area contributed by atoms with Crippen molar-refractivity contribution in [2.75, 3.05) is 20.2 Å². The van der Waals surface area contributed by atoms with Crippen LogP contribution in [0.1, 0.15) is 46.5 Å². The Morgan fingerprint density at radius 3 is 2.35 bits per heavy atom. The molecule has 0 rings (SSSR count). The fraction of sp³-hybridized carbons (Fsp3) is 0.846. The maximum Gasteiger partial charge on any atom is 0.310 e. The fourth-order valence-electron chi connectivity index (χ4n) is 1.70. The van der Waals surface area contributed by atoms with Gasteiger partial charge in [0.05, 0.1) is 13.0 Å². The second-order valence-electron chi connectivity index (χ2n) is 4.32. The van der Waals surface area contributed by atoms with Gasteiger partial charge in [-0.2, -0.15) is 0 Å². The highest BCUT2D eigenvalue weighted by atomic mass is 16.5. The average Bonchev–Trinajstić information content (AvgIpc) is 2.35. The molecule has 0 N–H and O–H groups in total. The van der Waals surface area contributed by atoms with Crippen LogP contribution >= 0.6 is 0 Å². The van der Waals surface area contributed by atoms with E-state index >= 15 is 0 Å². The lowest BCUT2D eigenvalue weighted by Gasteiger charge is -2.24. The number of amides is 1. The summed E-state index contributed by atoms with van der Waals surface area (Å²) in [5.74, 6) is -0.400. The Bertz CT molecular complexity index is 241. The summed E-state index contributed by atoms with van der Waals surface area (Å²) in [7, 11) is 1.38. The van der Waals surface area contributed by atoms with Crippen LogP contribution in [0, 0.1) is 5.92 Å². The van der Waals surface area contributed by atoms with Crippen molar-refractivity contribution in [3.8, 4) is 0 Å². The van der Waals surface area contributed by atoms with Crippen LogP contribution in [0.3, 0.4) is 0 Å². The molecule has 4 nitrogen and oxygen atoms in total. The molecule has 0 bridgehead atoms. The average molecular weight is 243 g/mol. The van der Waals surface area contributed by atoms with Crippen LogP contribution in [-0.4, -0.2) is 37.0 Å². The molecule has 1 unspecified atom stereocenters. The molecule has 1 amide bonds. The molecule has 0 aromatic carbocycles. The predicted octanol–water partition coefficient (Wildman–Crippen LogP) is 2.22. The van der Waals surface area contributed by atoms with Gasteiger partial charge in [-0.05, 0) is 6.42 Å². The molecule has 0 aliphatic rings. The Hall–Kier alpha value is -1.06. The molecule has 0 heterocycles. The van der Waals surface area contributed by atoms with Crippen molar-refractivity contribution < 1.29 is 14.3 Å². The second-order valence-corrected chi connectivity index (χ2v) is 4.32. The van der Waals surface area contributed by atoms with E-state index < -0.39 is 0 Å². The summed E-state index contributed by atoms with van der Waals surface area (Å²) in [6, 6.07) is 0. The van der Waals surface area contributed by atoms with Crippen LogP contribution in [0.4, 0.5) is 0 Å². The van der Waals surface area contributed by atoms with Gasteiger partial charge in [0, 0.05) is 19.5 Å². The number of carbonyl (C=O) groups excluding carboxylic acids is 2.